The normalized spacial score (nSPS) is 20.6. The highest BCUT2D eigenvalue weighted by atomic mass is 32.2. The van der Waals surface area contributed by atoms with Gasteiger partial charge in [0.05, 0.1) is 6.61 Å². The molecule has 0 unspecified atom stereocenters. The van der Waals surface area contributed by atoms with Crippen LogP contribution in [0.3, 0.4) is 0 Å². The lowest BCUT2D eigenvalue weighted by molar-refractivity contribution is 0.0956. The Labute approximate surface area is 122 Å². The summed E-state index contributed by atoms with van der Waals surface area (Å²) in [5.74, 6) is 0.499. The summed E-state index contributed by atoms with van der Waals surface area (Å²) in [7, 11) is 0. The van der Waals surface area contributed by atoms with Gasteiger partial charge in [-0.1, -0.05) is 48.5 Å². The predicted octanol–water partition coefficient (Wildman–Crippen LogP) is 2.36. The third kappa shape index (κ3) is 2.01. The van der Waals surface area contributed by atoms with Gasteiger partial charge in [-0.05, 0) is 11.6 Å². The summed E-state index contributed by atoms with van der Waals surface area (Å²) in [6, 6.07) is 17.5. The number of benzene rings is 2. The van der Waals surface area contributed by atoms with Crippen molar-refractivity contribution >= 4 is 17.7 Å². The summed E-state index contributed by atoms with van der Waals surface area (Å²) in [5, 5.41) is 12.3. The van der Waals surface area contributed by atoms with Gasteiger partial charge in [0.15, 0.2) is 0 Å². The number of hydrogen-bond donors (Lipinski definition) is 2. The molecule has 3 nitrogen and oxygen atoms in total. The Morgan fingerprint density at radius 2 is 1.75 bits per heavy atom. The van der Waals surface area contributed by atoms with Crippen molar-refractivity contribution in [2.24, 2.45) is 0 Å². The fourth-order valence-electron chi connectivity index (χ4n) is 2.58. The molecule has 20 heavy (non-hydrogen) atoms. The van der Waals surface area contributed by atoms with Crippen LogP contribution in [0.15, 0.2) is 54.6 Å². The highest BCUT2D eigenvalue weighted by molar-refractivity contribution is 8.00. The summed E-state index contributed by atoms with van der Waals surface area (Å²) in [6.45, 7) is 0.0806. The Morgan fingerprint density at radius 1 is 1.05 bits per heavy atom. The first-order valence-corrected chi connectivity index (χ1v) is 7.49. The number of carbonyl (C=O) groups excluding carboxylic acids is 1. The van der Waals surface area contributed by atoms with Crippen molar-refractivity contribution in [3.8, 4) is 0 Å². The summed E-state index contributed by atoms with van der Waals surface area (Å²) in [6.07, 6.45) is 0. The molecule has 0 saturated heterocycles. The van der Waals surface area contributed by atoms with Crippen LogP contribution in [-0.2, 0) is 4.87 Å². The van der Waals surface area contributed by atoms with Gasteiger partial charge in [-0.2, -0.15) is 0 Å². The van der Waals surface area contributed by atoms with E-state index in [0.29, 0.717) is 11.3 Å². The maximum atomic E-state index is 12.2. The van der Waals surface area contributed by atoms with Crippen molar-refractivity contribution < 1.29 is 9.90 Å². The number of thioether (sulfide) groups is 1. The van der Waals surface area contributed by atoms with Crippen LogP contribution < -0.4 is 5.32 Å². The van der Waals surface area contributed by atoms with Crippen molar-refractivity contribution in [3.63, 3.8) is 0 Å². The van der Waals surface area contributed by atoms with Crippen LogP contribution >= 0.6 is 11.8 Å². The molecule has 0 radical (unpaired) electrons. The van der Waals surface area contributed by atoms with E-state index in [9.17, 15) is 4.79 Å². The van der Waals surface area contributed by atoms with E-state index in [1.807, 2.05) is 54.6 Å². The van der Waals surface area contributed by atoms with Crippen molar-refractivity contribution in [2.45, 2.75) is 4.87 Å². The van der Waals surface area contributed by atoms with Gasteiger partial charge in [-0.3, -0.25) is 4.79 Å². The molecule has 0 saturated carbocycles. The van der Waals surface area contributed by atoms with Gasteiger partial charge in [0.2, 0.25) is 0 Å². The van der Waals surface area contributed by atoms with Gasteiger partial charge in [-0.15, -0.1) is 11.8 Å². The summed E-state index contributed by atoms with van der Waals surface area (Å²) >= 11 is 1.55. The summed E-state index contributed by atoms with van der Waals surface area (Å²) < 4.78 is 0. The molecule has 1 aliphatic rings. The molecule has 1 heterocycles. The quantitative estimate of drug-likeness (QED) is 0.906. The van der Waals surface area contributed by atoms with Gasteiger partial charge in [-0.25, -0.2) is 0 Å². The minimum absolute atomic E-state index is 0.0603. The summed E-state index contributed by atoms with van der Waals surface area (Å²) in [4.78, 5) is 11.6. The molecule has 0 aliphatic carbocycles. The van der Waals surface area contributed by atoms with Crippen LogP contribution in [-0.4, -0.2) is 23.4 Å². The standard InChI is InChI=1S/C16H15NO2S/c18-10-11-20-16(12-6-2-1-3-7-12)14-9-5-4-8-13(14)15(19)17-16/h1-9,18H,10-11H2,(H,17,19)/t16-/m1/s1. The fourth-order valence-corrected chi connectivity index (χ4v) is 3.78. The smallest absolute Gasteiger partial charge is 0.253 e. The van der Waals surface area contributed by atoms with Crippen LogP contribution in [0.5, 0.6) is 0 Å². The molecule has 1 atom stereocenters. The first-order valence-electron chi connectivity index (χ1n) is 6.50. The first-order chi connectivity index (χ1) is 9.78. The van der Waals surface area contributed by atoms with Crippen molar-refractivity contribution in [1.29, 1.82) is 0 Å². The molecule has 0 fully saturated rings. The van der Waals surface area contributed by atoms with Gasteiger partial charge >= 0.3 is 0 Å². The van der Waals surface area contributed by atoms with Crippen molar-refractivity contribution in [1.82, 2.24) is 5.32 Å². The number of aliphatic hydroxyl groups excluding tert-OH is 1. The van der Waals surface area contributed by atoms with Gasteiger partial charge in [0.1, 0.15) is 4.87 Å². The minimum atomic E-state index is -0.600. The lowest BCUT2D eigenvalue weighted by Gasteiger charge is -2.30. The van der Waals surface area contributed by atoms with Crippen LogP contribution in [0.4, 0.5) is 0 Å². The van der Waals surface area contributed by atoms with Gasteiger partial charge in [0.25, 0.3) is 5.91 Å². The number of carbonyl (C=O) groups is 1. The molecule has 102 valence electrons. The Kier molecular flexibility index (Phi) is 3.51. The molecule has 0 aromatic heterocycles. The highest BCUT2D eigenvalue weighted by Crippen LogP contribution is 2.45. The largest absolute Gasteiger partial charge is 0.396 e. The highest BCUT2D eigenvalue weighted by Gasteiger charge is 2.44. The van der Waals surface area contributed by atoms with Crippen molar-refractivity contribution in [3.05, 3.63) is 71.3 Å². The maximum absolute atomic E-state index is 12.2. The zero-order valence-corrected chi connectivity index (χ0v) is 11.7. The number of fused-ring (bicyclic) bond motifs is 1. The van der Waals surface area contributed by atoms with E-state index in [4.69, 9.17) is 5.11 Å². The number of aliphatic hydroxyl groups is 1. The molecule has 3 rings (SSSR count). The second-order valence-electron chi connectivity index (χ2n) is 4.62. The van der Waals surface area contributed by atoms with E-state index < -0.39 is 4.87 Å². The SMILES string of the molecule is O=C1N[C@@](SCCO)(c2ccccc2)c2ccccc21. The lowest BCUT2D eigenvalue weighted by Crippen LogP contribution is -2.37. The number of nitrogens with one attached hydrogen (secondary N) is 1. The zero-order valence-electron chi connectivity index (χ0n) is 10.9. The average Bonchev–Trinajstić information content (AvgIpc) is 2.80. The number of amides is 1. The second-order valence-corrected chi connectivity index (χ2v) is 5.93. The Bertz CT molecular complexity index is 629. The van der Waals surface area contributed by atoms with Gasteiger partial charge < -0.3 is 10.4 Å². The molecule has 2 aromatic carbocycles. The van der Waals surface area contributed by atoms with Crippen molar-refractivity contribution in [2.75, 3.05) is 12.4 Å². The third-order valence-electron chi connectivity index (χ3n) is 3.43. The minimum Gasteiger partial charge on any atom is -0.396 e. The first kappa shape index (κ1) is 13.2. The molecule has 2 aromatic rings. The van der Waals surface area contributed by atoms with E-state index >= 15 is 0 Å². The van der Waals surface area contributed by atoms with E-state index in [1.54, 1.807) is 11.8 Å². The Balaban J connectivity index is 2.16. The maximum Gasteiger partial charge on any atom is 0.253 e. The van der Waals surface area contributed by atoms with E-state index in [-0.39, 0.29) is 12.5 Å². The lowest BCUT2D eigenvalue weighted by atomic mass is 9.98. The molecule has 2 N–H and O–H groups in total. The predicted molar refractivity (Wildman–Crippen MR) is 80.7 cm³/mol. The summed E-state index contributed by atoms with van der Waals surface area (Å²) in [5.41, 5.74) is 2.70. The topological polar surface area (TPSA) is 49.3 Å². The van der Waals surface area contributed by atoms with Crippen LogP contribution in [0.1, 0.15) is 21.5 Å². The van der Waals surface area contributed by atoms with Gasteiger partial charge in [0, 0.05) is 16.9 Å². The molecule has 0 bridgehead atoms. The monoisotopic (exact) mass is 285 g/mol. The van der Waals surface area contributed by atoms with E-state index in [0.717, 1.165) is 11.1 Å². The second kappa shape index (κ2) is 5.31. The third-order valence-corrected chi connectivity index (χ3v) is 4.81. The zero-order chi connectivity index (χ0) is 14.0. The van der Waals surface area contributed by atoms with Crippen LogP contribution in [0.25, 0.3) is 0 Å². The molecule has 1 aliphatic heterocycles. The van der Waals surface area contributed by atoms with E-state index in [2.05, 4.69) is 5.32 Å². The molecule has 0 spiro atoms. The Hall–Kier alpha value is -1.78. The fraction of sp³-hybridized carbons (Fsp3) is 0.188. The molecule has 1 amide bonds. The number of rotatable bonds is 4. The Morgan fingerprint density at radius 3 is 2.50 bits per heavy atom. The van der Waals surface area contributed by atoms with Crippen LogP contribution in [0, 0.1) is 0 Å². The molecular formula is C16H15NO2S. The number of hydrogen-bond acceptors (Lipinski definition) is 3. The van der Waals surface area contributed by atoms with Crippen LogP contribution in [0.2, 0.25) is 0 Å². The van der Waals surface area contributed by atoms with E-state index in [1.165, 1.54) is 0 Å². The molecular weight excluding hydrogens is 270 g/mol. The molecule has 4 heteroatoms. The average molecular weight is 285 g/mol.